The van der Waals surface area contributed by atoms with Crippen LogP contribution in [0.4, 0.5) is 0 Å². The lowest BCUT2D eigenvalue weighted by Gasteiger charge is -2.28. The van der Waals surface area contributed by atoms with Crippen LogP contribution in [-0.2, 0) is 11.3 Å². The van der Waals surface area contributed by atoms with Gasteiger partial charge >= 0.3 is 0 Å². The second-order valence-electron chi connectivity index (χ2n) is 6.19. The number of carbonyl (C=O) groups is 1. The molecule has 7 heteroatoms. The Morgan fingerprint density at radius 2 is 2.30 bits per heavy atom. The highest BCUT2D eigenvalue weighted by atomic mass is 32.2. The first-order valence-corrected chi connectivity index (χ1v) is 9.28. The van der Waals surface area contributed by atoms with E-state index in [1.165, 1.54) is 25.5 Å². The van der Waals surface area contributed by atoms with E-state index in [1.807, 2.05) is 0 Å². The van der Waals surface area contributed by atoms with E-state index in [0.717, 1.165) is 12.2 Å². The molecule has 2 heterocycles. The van der Waals surface area contributed by atoms with E-state index in [0.29, 0.717) is 36.9 Å². The van der Waals surface area contributed by atoms with Gasteiger partial charge in [-0.1, -0.05) is 31.5 Å². The SMILES string of the molecule is C[C@H]1CCCC[C@@H]1OCCNC(=O)c1cnc2n(c1=O)CCS2. The summed E-state index contributed by atoms with van der Waals surface area (Å²) in [6, 6.07) is 0. The molecular formula is C16H23N3O3S. The van der Waals surface area contributed by atoms with Gasteiger partial charge in [-0.25, -0.2) is 4.98 Å². The Morgan fingerprint density at radius 1 is 1.48 bits per heavy atom. The van der Waals surface area contributed by atoms with Crippen molar-refractivity contribution in [1.29, 1.82) is 0 Å². The van der Waals surface area contributed by atoms with Gasteiger partial charge in [0, 0.05) is 25.0 Å². The number of nitrogens with zero attached hydrogens (tertiary/aromatic N) is 2. The van der Waals surface area contributed by atoms with E-state index in [9.17, 15) is 9.59 Å². The molecule has 6 nitrogen and oxygen atoms in total. The van der Waals surface area contributed by atoms with Crippen molar-refractivity contribution in [2.45, 2.75) is 50.4 Å². The first-order chi connectivity index (χ1) is 11.2. The molecular weight excluding hydrogens is 314 g/mol. The van der Waals surface area contributed by atoms with Crippen LogP contribution in [0, 0.1) is 5.92 Å². The van der Waals surface area contributed by atoms with Crippen LogP contribution < -0.4 is 10.9 Å². The quantitative estimate of drug-likeness (QED) is 0.654. The fraction of sp³-hybridized carbons (Fsp3) is 0.688. The molecule has 0 radical (unpaired) electrons. The van der Waals surface area contributed by atoms with Crippen LogP contribution in [0.5, 0.6) is 0 Å². The van der Waals surface area contributed by atoms with Crippen LogP contribution >= 0.6 is 11.8 Å². The number of nitrogens with one attached hydrogen (secondary N) is 1. The molecule has 23 heavy (non-hydrogen) atoms. The second kappa shape index (κ2) is 7.49. The van der Waals surface area contributed by atoms with Gasteiger partial charge in [0.2, 0.25) is 0 Å². The van der Waals surface area contributed by atoms with Crippen LogP contribution in [0.3, 0.4) is 0 Å². The first-order valence-electron chi connectivity index (χ1n) is 8.29. The maximum Gasteiger partial charge on any atom is 0.267 e. The van der Waals surface area contributed by atoms with E-state index in [1.54, 1.807) is 16.3 Å². The molecule has 0 bridgehead atoms. The zero-order valence-corrected chi connectivity index (χ0v) is 14.2. The molecule has 1 aliphatic heterocycles. The summed E-state index contributed by atoms with van der Waals surface area (Å²) >= 11 is 1.54. The number of hydrogen-bond acceptors (Lipinski definition) is 5. The number of rotatable bonds is 5. The maximum absolute atomic E-state index is 12.2. The molecule has 0 aromatic carbocycles. The standard InChI is InChI=1S/C16H23N3O3S/c1-11-4-2-3-5-13(11)22-8-6-17-14(20)12-10-18-16-19(15(12)21)7-9-23-16/h10-11,13H,2-9H2,1H3,(H,17,20)/t11-,13-/m0/s1. The molecule has 0 unspecified atom stereocenters. The number of hydrogen-bond donors (Lipinski definition) is 1. The predicted octanol–water partition coefficient (Wildman–Crippen LogP) is 1.67. The van der Waals surface area contributed by atoms with Crippen molar-refractivity contribution >= 4 is 17.7 Å². The van der Waals surface area contributed by atoms with Gasteiger partial charge in [-0.15, -0.1) is 0 Å². The molecule has 1 amide bonds. The number of thioether (sulfide) groups is 1. The van der Waals surface area contributed by atoms with Gasteiger partial charge in [-0.2, -0.15) is 0 Å². The molecule has 126 valence electrons. The lowest BCUT2D eigenvalue weighted by molar-refractivity contribution is -0.00294. The Hall–Kier alpha value is -1.34. The second-order valence-corrected chi connectivity index (χ2v) is 7.25. The maximum atomic E-state index is 12.2. The number of carbonyl (C=O) groups excluding carboxylic acids is 1. The molecule has 0 spiro atoms. The fourth-order valence-corrected chi connectivity index (χ4v) is 4.09. The lowest BCUT2D eigenvalue weighted by Crippen LogP contribution is -2.36. The van der Waals surface area contributed by atoms with E-state index in [2.05, 4.69) is 17.2 Å². The van der Waals surface area contributed by atoms with E-state index in [-0.39, 0.29) is 17.0 Å². The molecule has 1 N–H and O–H groups in total. The summed E-state index contributed by atoms with van der Waals surface area (Å²) in [5.74, 6) is 1.05. The third-order valence-corrected chi connectivity index (χ3v) is 5.52. The Bertz CT molecular complexity index is 631. The average molecular weight is 337 g/mol. The van der Waals surface area contributed by atoms with Crippen molar-refractivity contribution in [2.24, 2.45) is 5.92 Å². The van der Waals surface area contributed by atoms with E-state index >= 15 is 0 Å². The number of ether oxygens (including phenoxy) is 1. The highest BCUT2D eigenvalue weighted by Crippen LogP contribution is 2.26. The highest BCUT2D eigenvalue weighted by Gasteiger charge is 2.22. The Balaban J connectivity index is 1.49. The summed E-state index contributed by atoms with van der Waals surface area (Å²) in [5.41, 5.74) is -0.137. The number of aromatic nitrogens is 2. The summed E-state index contributed by atoms with van der Waals surface area (Å²) in [4.78, 5) is 28.6. The van der Waals surface area contributed by atoms with Crippen molar-refractivity contribution in [3.05, 3.63) is 22.1 Å². The molecule has 1 fully saturated rings. The lowest BCUT2D eigenvalue weighted by atomic mass is 9.88. The van der Waals surface area contributed by atoms with Crippen molar-refractivity contribution in [3.63, 3.8) is 0 Å². The molecule has 0 saturated heterocycles. The largest absolute Gasteiger partial charge is 0.376 e. The summed E-state index contributed by atoms with van der Waals surface area (Å²) in [7, 11) is 0. The van der Waals surface area contributed by atoms with Crippen molar-refractivity contribution in [3.8, 4) is 0 Å². The van der Waals surface area contributed by atoms with Gasteiger partial charge in [-0.3, -0.25) is 14.2 Å². The smallest absolute Gasteiger partial charge is 0.267 e. The summed E-state index contributed by atoms with van der Waals surface area (Å²) < 4.78 is 7.44. The fourth-order valence-electron chi connectivity index (χ4n) is 3.17. The third kappa shape index (κ3) is 3.77. The normalized spacial score (nSPS) is 23.5. The first kappa shape index (κ1) is 16.5. The van der Waals surface area contributed by atoms with Gasteiger partial charge < -0.3 is 10.1 Å². The van der Waals surface area contributed by atoms with Gasteiger partial charge in [-0.05, 0) is 18.8 Å². The summed E-state index contributed by atoms with van der Waals surface area (Å²) in [6.07, 6.45) is 6.49. The number of amides is 1. The predicted molar refractivity (Wildman–Crippen MR) is 88.9 cm³/mol. The molecule has 1 aliphatic carbocycles. The van der Waals surface area contributed by atoms with Gasteiger partial charge in [0.1, 0.15) is 5.56 Å². The molecule has 2 aliphatic rings. The Labute approximate surface area is 140 Å². The zero-order chi connectivity index (χ0) is 16.2. The van der Waals surface area contributed by atoms with Crippen LogP contribution in [0.15, 0.2) is 16.1 Å². The molecule has 3 rings (SSSR count). The third-order valence-electron chi connectivity index (χ3n) is 4.55. The Kier molecular flexibility index (Phi) is 5.38. The topological polar surface area (TPSA) is 73.2 Å². The molecule has 1 saturated carbocycles. The minimum atomic E-state index is -0.366. The van der Waals surface area contributed by atoms with Crippen LogP contribution in [0.1, 0.15) is 43.0 Å². The summed E-state index contributed by atoms with van der Waals surface area (Å²) in [5, 5.41) is 3.46. The van der Waals surface area contributed by atoms with Gasteiger partial charge in [0.25, 0.3) is 11.5 Å². The van der Waals surface area contributed by atoms with Crippen LogP contribution in [-0.4, -0.2) is 40.5 Å². The zero-order valence-electron chi connectivity index (χ0n) is 13.4. The van der Waals surface area contributed by atoms with Crippen molar-refractivity contribution in [2.75, 3.05) is 18.9 Å². The van der Waals surface area contributed by atoms with Crippen molar-refractivity contribution in [1.82, 2.24) is 14.9 Å². The van der Waals surface area contributed by atoms with E-state index < -0.39 is 0 Å². The molecule has 1 aromatic heterocycles. The van der Waals surface area contributed by atoms with Crippen molar-refractivity contribution < 1.29 is 9.53 Å². The van der Waals surface area contributed by atoms with Crippen LogP contribution in [0.2, 0.25) is 0 Å². The number of fused-ring (bicyclic) bond motifs is 1. The minimum absolute atomic E-state index is 0.113. The van der Waals surface area contributed by atoms with Gasteiger partial charge in [0.05, 0.1) is 12.7 Å². The Morgan fingerprint density at radius 3 is 3.13 bits per heavy atom. The summed E-state index contributed by atoms with van der Waals surface area (Å²) in [6.45, 7) is 3.74. The van der Waals surface area contributed by atoms with E-state index in [4.69, 9.17) is 4.74 Å². The van der Waals surface area contributed by atoms with Crippen LogP contribution in [0.25, 0.3) is 0 Å². The average Bonchev–Trinajstić information content (AvgIpc) is 3.03. The highest BCUT2D eigenvalue weighted by molar-refractivity contribution is 7.99. The molecule has 2 atom stereocenters. The van der Waals surface area contributed by atoms with Gasteiger partial charge in [0.15, 0.2) is 5.16 Å². The molecule has 1 aromatic rings. The minimum Gasteiger partial charge on any atom is -0.376 e. The monoisotopic (exact) mass is 337 g/mol.